The molecule has 5 rings (SSSR count). The van der Waals surface area contributed by atoms with Crippen LogP contribution in [0.1, 0.15) is 56.5 Å². The van der Waals surface area contributed by atoms with Gasteiger partial charge in [-0.25, -0.2) is 4.90 Å². The zero-order valence-electron chi connectivity index (χ0n) is 12.3. The van der Waals surface area contributed by atoms with E-state index in [1.54, 1.807) is 30.3 Å². The Morgan fingerprint density at radius 1 is 0.783 bits per heavy atom. The summed E-state index contributed by atoms with van der Waals surface area (Å²) in [5.41, 5.74) is 3.35. The van der Waals surface area contributed by atoms with Crippen molar-refractivity contribution >= 4 is 23.3 Å². The second-order valence-electron chi connectivity index (χ2n) is 6.36. The number of hydrogen-bond acceptors (Lipinski definition) is 3. The largest absolute Gasteiger partial charge is 0.298 e. The number of nitrogens with zero attached hydrogens (tertiary/aromatic N) is 1. The molecule has 2 unspecified atom stereocenters. The van der Waals surface area contributed by atoms with Gasteiger partial charge >= 0.3 is 0 Å². The molecule has 4 nitrogen and oxygen atoms in total. The Balaban J connectivity index is 1.71. The van der Waals surface area contributed by atoms with Gasteiger partial charge in [0, 0.05) is 11.8 Å². The van der Waals surface area contributed by atoms with E-state index < -0.39 is 0 Å². The summed E-state index contributed by atoms with van der Waals surface area (Å²) >= 11 is 0. The van der Waals surface area contributed by atoms with Gasteiger partial charge in [0.2, 0.25) is 0 Å². The van der Waals surface area contributed by atoms with Gasteiger partial charge in [0.25, 0.3) is 11.8 Å². The van der Waals surface area contributed by atoms with Crippen molar-refractivity contribution in [2.75, 3.05) is 4.90 Å². The van der Waals surface area contributed by atoms with Crippen molar-refractivity contribution in [1.82, 2.24) is 0 Å². The molecule has 2 aromatic rings. The lowest BCUT2D eigenvalue weighted by molar-refractivity contribution is -0.119. The highest BCUT2D eigenvalue weighted by Gasteiger charge is 2.48. The molecule has 2 aliphatic carbocycles. The number of ketones is 1. The summed E-state index contributed by atoms with van der Waals surface area (Å²) in [5.74, 6) is -0.562. The van der Waals surface area contributed by atoms with Gasteiger partial charge in [-0.15, -0.1) is 0 Å². The fourth-order valence-electron chi connectivity index (χ4n) is 4.31. The minimum absolute atomic E-state index is 0.0508. The van der Waals surface area contributed by atoms with E-state index in [2.05, 4.69) is 0 Å². The van der Waals surface area contributed by atoms with E-state index in [1.165, 1.54) is 4.90 Å². The van der Waals surface area contributed by atoms with Gasteiger partial charge in [-0.05, 0) is 42.2 Å². The Kier molecular flexibility index (Phi) is 2.31. The summed E-state index contributed by atoms with van der Waals surface area (Å²) in [6.45, 7) is 0. The zero-order chi connectivity index (χ0) is 15.7. The molecule has 23 heavy (non-hydrogen) atoms. The van der Waals surface area contributed by atoms with Crippen LogP contribution in [0.4, 0.5) is 5.69 Å². The van der Waals surface area contributed by atoms with Crippen molar-refractivity contribution in [3.05, 3.63) is 64.7 Å². The maximum atomic E-state index is 12.7. The normalized spacial score (nSPS) is 24.3. The monoisotopic (exact) mass is 303 g/mol. The van der Waals surface area contributed by atoms with Crippen LogP contribution in [-0.4, -0.2) is 17.6 Å². The Morgan fingerprint density at radius 3 is 2.13 bits per heavy atom. The molecule has 0 radical (unpaired) electrons. The van der Waals surface area contributed by atoms with Gasteiger partial charge in [0.15, 0.2) is 0 Å². The number of amides is 2. The lowest BCUT2D eigenvalue weighted by atomic mass is 9.90. The molecule has 2 amide bonds. The molecule has 3 aliphatic rings. The van der Waals surface area contributed by atoms with E-state index in [1.807, 2.05) is 12.1 Å². The first kappa shape index (κ1) is 12.8. The molecular weight excluding hydrogens is 290 g/mol. The van der Waals surface area contributed by atoms with E-state index in [4.69, 9.17) is 0 Å². The predicted octanol–water partition coefficient (Wildman–Crippen LogP) is 3.03. The van der Waals surface area contributed by atoms with E-state index in [-0.39, 0.29) is 29.4 Å². The lowest BCUT2D eigenvalue weighted by Gasteiger charge is -2.22. The number of benzene rings is 2. The summed E-state index contributed by atoms with van der Waals surface area (Å²) in [4.78, 5) is 39.1. The zero-order valence-corrected chi connectivity index (χ0v) is 12.3. The number of carbonyl (C=O) groups excluding carboxylic acids is 3. The van der Waals surface area contributed by atoms with Crippen molar-refractivity contribution in [3.8, 4) is 0 Å². The van der Waals surface area contributed by atoms with E-state index in [0.29, 0.717) is 16.8 Å². The third-order valence-electron chi connectivity index (χ3n) is 5.31. The van der Waals surface area contributed by atoms with Crippen LogP contribution in [0.5, 0.6) is 0 Å². The van der Waals surface area contributed by atoms with Gasteiger partial charge < -0.3 is 0 Å². The topological polar surface area (TPSA) is 54.5 Å². The van der Waals surface area contributed by atoms with Gasteiger partial charge in [0.05, 0.1) is 16.8 Å². The van der Waals surface area contributed by atoms with Crippen molar-refractivity contribution in [2.45, 2.75) is 24.7 Å². The number of imide groups is 1. The first-order chi connectivity index (χ1) is 11.2. The third-order valence-corrected chi connectivity index (χ3v) is 5.31. The second kappa shape index (κ2) is 4.16. The molecule has 2 atom stereocenters. The van der Waals surface area contributed by atoms with Gasteiger partial charge in [-0.2, -0.15) is 0 Å². The number of Topliss-reactive ketones (excluding diaryl/α,β-unsaturated/α-hetero) is 1. The highest BCUT2D eigenvalue weighted by molar-refractivity contribution is 6.35. The quantitative estimate of drug-likeness (QED) is 0.761. The van der Waals surface area contributed by atoms with Crippen LogP contribution < -0.4 is 4.90 Å². The second-order valence-corrected chi connectivity index (χ2v) is 6.36. The number of rotatable bonds is 1. The minimum Gasteiger partial charge on any atom is -0.298 e. The minimum atomic E-state index is -0.297. The van der Waals surface area contributed by atoms with Crippen LogP contribution in [0.15, 0.2) is 42.5 Å². The number of anilines is 1. The molecule has 0 aromatic heterocycles. The average Bonchev–Trinajstić information content (AvgIpc) is 3.17. The first-order valence-electron chi connectivity index (χ1n) is 7.83. The number of fused-ring (bicyclic) bond motifs is 6. The Morgan fingerprint density at radius 2 is 1.43 bits per heavy atom. The molecule has 1 aliphatic heterocycles. The van der Waals surface area contributed by atoms with Crippen molar-refractivity contribution in [3.63, 3.8) is 0 Å². The van der Waals surface area contributed by atoms with Crippen molar-refractivity contribution < 1.29 is 14.4 Å². The Bertz CT molecular complexity index is 880. The standard InChI is InChI=1S/C19H13NO3/c21-17-11-8-9-14(17)16-10(11)6-3-7-15(16)20-18(22)12-4-1-2-5-13(12)19(20)23/h1-7,11,14H,8-9H2. The Hall–Kier alpha value is -2.75. The summed E-state index contributed by atoms with van der Waals surface area (Å²) < 4.78 is 0. The van der Waals surface area contributed by atoms with Gasteiger partial charge in [-0.3, -0.25) is 14.4 Å². The van der Waals surface area contributed by atoms with E-state index >= 15 is 0 Å². The highest BCUT2D eigenvalue weighted by Crippen LogP contribution is 2.53. The molecule has 0 N–H and O–H groups in total. The van der Waals surface area contributed by atoms with Crippen LogP contribution in [0.25, 0.3) is 0 Å². The van der Waals surface area contributed by atoms with Crippen LogP contribution in [0, 0.1) is 0 Å². The predicted molar refractivity (Wildman–Crippen MR) is 83.7 cm³/mol. The molecule has 0 spiro atoms. The van der Waals surface area contributed by atoms with Crippen molar-refractivity contribution in [2.24, 2.45) is 0 Å². The number of hydrogen-bond donors (Lipinski definition) is 0. The first-order valence-corrected chi connectivity index (χ1v) is 7.83. The average molecular weight is 303 g/mol. The van der Waals surface area contributed by atoms with Crippen LogP contribution >= 0.6 is 0 Å². The molecule has 1 fully saturated rings. The molecule has 2 bridgehead atoms. The van der Waals surface area contributed by atoms with Crippen LogP contribution in [0.3, 0.4) is 0 Å². The van der Waals surface area contributed by atoms with Crippen LogP contribution in [-0.2, 0) is 4.79 Å². The smallest absolute Gasteiger partial charge is 0.266 e. The molecule has 4 heteroatoms. The lowest BCUT2D eigenvalue weighted by Crippen LogP contribution is -2.30. The summed E-state index contributed by atoms with van der Waals surface area (Å²) in [6, 6.07) is 12.5. The maximum Gasteiger partial charge on any atom is 0.266 e. The fourth-order valence-corrected chi connectivity index (χ4v) is 4.31. The molecule has 1 heterocycles. The maximum absolute atomic E-state index is 12.7. The summed E-state index contributed by atoms with van der Waals surface area (Å²) in [5, 5.41) is 0. The molecule has 2 aromatic carbocycles. The third kappa shape index (κ3) is 1.43. The van der Waals surface area contributed by atoms with Crippen LogP contribution in [0.2, 0.25) is 0 Å². The van der Waals surface area contributed by atoms with E-state index in [9.17, 15) is 14.4 Å². The van der Waals surface area contributed by atoms with Gasteiger partial charge in [-0.1, -0.05) is 24.3 Å². The van der Waals surface area contributed by atoms with E-state index in [0.717, 1.165) is 24.0 Å². The summed E-state index contributed by atoms with van der Waals surface area (Å²) in [6.07, 6.45) is 1.69. The highest BCUT2D eigenvalue weighted by atomic mass is 16.2. The Labute approximate surface area is 132 Å². The SMILES string of the molecule is O=C1C2CCC1c1c2cccc1N1C(=O)c2ccccc2C1=O. The molecule has 112 valence electrons. The molecule has 1 saturated carbocycles. The number of carbonyl (C=O) groups is 3. The fraction of sp³-hybridized carbons (Fsp3) is 0.211. The van der Waals surface area contributed by atoms with Gasteiger partial charge in [0.1, 0.15) is 5.78 Å². The summed E-state index contributed by atoms with van der Waals surface area (Å²) in [7, 11) is 0. The van der Waals surface area contributed by atoms with Crippen molar-refractivity contribution in [1.29, 1.82) is 0 Å². The molecular formula is C19H13NO3. The molecule has 0 saturated heterocycles.